The number of amidine groups is 1. The van der Waals surface area contributed by atoms with Crippen LogP contribution in [0.1, 0.15) is 31.2 Å². The van der Waals surface area contributed by atoms with Gasteiger partial charge in [0.1, 0.15) is 11.4 Å². The zero-order chi connectivity index (χ0) is 19.7. The molecule has 7 nitrogen and oxygen atoms in total. The van der Waals surface area contributed by atoms with Gasteiger partial charge in [-0.05, 0) is 43.5 Å². The maximum atomic E-state index is 11.7. The number of ether oxygens (including phenoxy) is 1. The third kappa shape index (κ3) is 3.11. The van der Waals surface area contributed by atoms with Crippen molar-refractivity contribution < 1.29 is 19.3 Å². The van der Waals surface area contributed by atoms with Crippen LogP contribution in [0.15, 0.2) is 48.5 Å². The SMILES string of the molecule is COc1ccc(N2CC(O)(c3cccc([N+](=O)[O-])c3)[N+]3=C2CCCCC3)cc1. The largest absolute Gasteiger partial charge is 0.497 e. The number of hydrogen-bond acceptors (Lipinski definition) is 5. The highest BCUT2D eigenvalue weighted by Gasteiger charge is 2.52. The van der Waals surface area contributed by atoms with Crippen molar-refractivity contribution in [3.8, 4) is 5.75 Å². The number of anilines is 1. The van der Waals surface area contributed by atoms with Gasteiger partial charge >= 0.3 is 0 Å². The molecule has 0 fully saturated rings. The van der Waals surface area contributed by atoms with E-state index in [0.717, 1.165) is 49.5 Å². The van der Waals surface area contributed by atoms with E-state index in [0.29, 0.717) is 12.1 Å². The van der Waals surface area contributed by atoms with Gasteiger partial charge in [-0.1, -0.05) is 12.1 Å². The van der Waals surface area contributed by atoms with Gasteiger partial charge in [0.25, 0.3) is 17.2 Å². The Morgan fingerprint density at radius 2 is 1.96 bits per heavy atom. The van der Waals surface area contributed by atoms with Crippen molar-refractivity contribution in [3.05, 3.63) is 64.2 Å². The monoisotopic (exact) mass is 382 g/mol. The minimum atomic E-state index is -1.30. The molecule has 1 N–H and O–H groups in total. The van der Waals surface area contributed by atoms with E-state index in [2.05, 4.69) is 4.90 Å². The lowest BCUT2D eigenvalue weighted by Crippen LogP contribution is -2.41. The van der Waals surface area contributed by atoms with Crippen LogP contribution in [-0.2, 0) is 5.72 Å². The summed E-state index contributed by atoms with van der Waals surface area (Å²) >= 11 is 0. The highest BCUT2D eigenvalue weighted by molar-refractivity contribution is 5.96. The molecule has 2 aliphatic heterocycles. The molecule has 2 aromatic carbocycles. The summed E-state index contributed by atoms with van der Waals surface area (Å²) in [4.78, 5) is 12.9. The number of hydrogen-bond donors (Lipinski definition) is 1. The quantitative estimate of drug-likeness (QED) is 0.499. The van der Waals surface area contributed by atoms with E-state index in [-0.39, 0.29) is 5.69 Å². The lowest BCUT2D eigenvalue weighted by atomic mass is 10.0. The van der Waals surface area contributed by atoms with E-state index in [1.807, 2.05) is 28.8 Å². The van der Waals surface area contributed by atoms with Crippen LogP contribution in [0.2, 0.25) is 0 Å². The molecular weight excluding hydrogens is 358 g/mol. The summed E-state index contributed by atoms with van der Waals surface area (Å²) in [6.07, 6.45) is 4.01. The van der Waals surface area contributed by atoms with Gasteiger partial charge in [-0.3, -0.25) is 10.1 Å². The summed E-state index contributed by atoms with van der Waals surface area (Å²) < 4.78 is 7.29. The van der Waals surface area contributed by atoms with Gasteiger partial charge in [0.2, 0.25) is 0 Å². The smallest absolute Gasteiger partial charge is 0.271 e. The molecule has 0 spiro atoms. The number of aliphatic hydroxyl groups is 1. The Balaban J connectivity index is 1.79. The van der Waals surface area contributed by atoms with Crippen LogP contribution < -0.4 is 9.64 Å². The second-order valence-corrected chi connectivity index (χ2v) is 7.29. The fourth-order valence-corrected chi connectivity index (χ4v) is 4.19. The van der Waals surface area contributed by atoms with Crippen LogP contribution in [-0.4, -0.2) is 40.6 Å². The Morgan fingerprint density at radius 1 is 1.18 bits per heavy atom. The predicted molar refractivity (Wildman–Crippen MR) is 106 cm³/mol. The molecule has 0 aromatic heterocycles. The first kappa shape index (κ1) is 18.4. The van der Waals surface area contributed by atoms with Crippen LogP contribution >= 0.6 is 0 Å². The van der Waals surface area contributed by atoms with Crippen LogP contribution in [0.5, 0.6) is 5.75 Å². The number of nitro benzene ring substituents is 1. The first-order valence-electron chi connectivity index (χ1n) is 9.55. The van der Waals surface area contributed by atoms with Crippen LogP contribution in [0, 0.1) is 10.1 Å². The van der Waals surface area contributed by atoms with E-state index >= 15 is 0 Å². The van der Waals surface area contributed by atoms with Gasteiger partial charge in [-0.15, -0.1) is 0 Å². The average molecular weight is 382 g/mol. The maximum Gasteiger partial charge on any atom is 0.271 e. The first-order chi connectivity index (χ1) is 13.5. The van der Waals surface area contributed by atoms with Crippen molar-refractivity contribution in [2.45, 2.75) is 31.4 Å². The van der Waals surface area contributed by atoms with Crippen molar-refractivity contribution in [2.75, 3.05) is 25.1 Å². The average Bonchev–Trinajstić information content (AvgIpc) is 2.87. The summed E-state index contributed by atoms with van der Waals surface area (Å²) in [7, 11) is 1.63. The fraction of sp³-hybridized carbons (Fsp3) is 0.381. The molecule has 0 amide bonds. The van der Waals surface area contributed by atoms with E-state index in [1.54, 1.807) is 19.2 Å². The van der Waals surface area contributed by atoms with Crippen molar-refractivity contribution in [1.82, 2.24) is 0 Å². The molecule has 1 unspecified atom stereocenters. The van der Waals surface area contributed by atoms with E-state index < -0.39 is 10.6 Å². The summed E-state index contributed by atoms with van der Waals surface area (Å²) in [5.74, 6) is 1.84. The third-order valence-corrected chi connectivity index (χ3v) is 5.63. The normalized spacial score (nSPS) is 22.0. The summed E-state index contributed by atoms with van der Waals surface area (Å²) in [6, 6.07) is 14.1. The topological polar surface area (TPSA) is 78.9 Å². The van der Waals surface area contributed by atoms with Gasteiger partial charge in [0.05, 0.1) is 18.6 Å². The van der Waals surface area contributed by atoms with Gasteiger partial charge < -0.3 is 9.84 Å². The molecule has 0 saturated carbocycles. The van der Waals surface area contributed by atoms with E-state index in [4.69, 9.17) is 4.74 Å². The number of benzene rings is 2. The van der Waals surface area contributed by atoms with Crippen LogP contribution in [0.3, 0.4) is 0 Å². The second-order valence-electron chi connectivity index (χ2n) is 7.29. The number of nitro groups is 1. The molecule has 1 atom stereocenters. The lowest BCUT2D eigenvalue weighted by Gasteiger charge is -2.23. The lowest BCUT2D eigenvalue weighted by molar-refractivity contribution is -0.658. The summed E-state index contributed by atoms with van der Waals surface area (Å²) in [5.41, 5.74) is 0.220. The molecule has 0 saturated heterocycles. The Morgan fingerprint density at radius 3 is 2.68 bits per heavy atom. The van der Waals surface area contributed by atoms with Gasteiger partial charge in [-0.2, -0.15) is 0 Å². The van der Waals surface area contributed by atoms with E-state index in [1.165, 1.54) is 12.1 Å². The minimum absolute atomic E-state index is 0.00908. The molecule has 2 aromatic rings. The fourth-order valence-electron chi connectivity index (χ4n) is 4.19. The Labute approximate surface area is 163 Å². The standard InChI is InChI=1S/C21H24N3O4/c1-28-19-11-9-17(10-12-19)22-15-21(25,23-13-4-2-3-8-20(22)23)16-6-5-7-18(14-16)24(26)27/h5-7,9-12,14,25H,2-4,8,13,15H2,1H3/q+1. The molecule has 28 heavy (non-hydrogen) atoms. The van der Waals surface area contributed by atoms with E-state index in [9.17, 15) is 15.2 Å². The number of β-amino-alcohol motifs (C(OH)–C–C–N with tert-alkyl or cyclic N) is 1. The molecule has 146 valence electrons. The second kappa shape index (κ2) is 7.24. The summed E-state index contributed by atoms with van der Waals surface area (Å²) in [5, 5.41) is 23.0. The van der Waals surface area contributed by atoms with Gasteiger partial charge in [0.15, 0.2) is 6.54 Å². The number of nitrogens with zero attached hydrogens (tertiary/aromatic N) is 3. The number of methoxy groups -OCH3 is 1. The zero-order valence-electron chi connectivity index (χ0n) is 15.9. The first-order valence-corrected chi connectivity index (χ1v) is 9.55. The Hall–Kier alpha value is -2.93. The maximum absolute atomic E-state index is 11.7. The molecule has 2 heterocycles. The Bertz CT molecular complexity index is 926. The van der Waals surface area contributed by atoms with Gasteiger partial charge in [-0.25, -0.2) is 9.48 Å². The molecule has 4 rings (SSSR count). The van der Waals surface area contributed by atoms with Crippen molar-refractivity contribution in [1.29, 1.82) is 0 Å². The third-order valence-electron chi connectivity index (χ3n) is 5.63. The molecule has 0 aliphatic carbocycles. The number of rotatable bonds is 4. The number of non-ortho nitro benzene ring substituents is 1. The van der Waals surface area contributed by atoms with Crippen molar-refractivity contribution >= 4 is 17.2 Å². The van der Waals surface area contributed by atoms with Crippen molar-refractivity contribution in [3.63, 3.8) is 0 Å². The molecule has 7 heteroatoms. The van der Waals surface area contributed by atoms with Crippen molar-refractivity contribution in [2.24, 2.45) is 0 Å². The van der Waals surface area contributed by atoms with Crippen LogP contribution in [0.4, 0.5) is 11.4 Å². The predicted octanol–water partition coefficient (Wildman–Crippen LogP) is 3.25. The molecule has 0 radical (unpaired) electrons. The molecule has 2 aliphatic rings. The highest BCUT2D eigenvalue weighted by atomic mass is 16.6. The zero-order valence-corrected chi connectivity index (χ0v) is 15.9. The van der Waals surface area contributed by atoms with Crippen LogP contribution in [0.25, 0.3) is 0 Å². The summed E-state index contributed by atoms with van der Waals surface area (Å²) in [6.45, 7) is 1.05. The van der Waals surface area contributed by atoms with Gasteiger partial charge in [0, 0.05) is 24.1 Å². The highest BCUT2D eigenvalue weighted by Crippen LogP contribution is 2.36. The molecule has 0 bridgehead atoms. The Kier molecular flexibility index (Phi) is 4.77. The minimum Gasteiger partial charge on any atom is -0.497 e. The molecular formula is C21H24N3O4+.